The molecule has 2 aliphatic rings. The van der Waals surface area contributed by atoms with E-state index < -0.39 is 0 Å². The molecule has 0 saturated heterocycles. The van der Waals surface area contributed by atoms with Crippen LogP contribution in [0.25, 0.3) is 0 Å². The normalized spacial score (nSPS) is 20.6. The van der Waals surface area contributed by atoms with Gasteiger partial charge in [-0.25, -0.2) is 9.67 Å². The molecule has 2 aromatic rings. The Hall–Kier alpha value is -1.68. The summed E-state index contributed by atoms with van der Waals surface area (Å²) in [5.41, 5.74) is 1.35. The standard InChI is InChI=1S/C19H25N3O/c23-14-13-22-17(15-7-3-1-4-8-15)20-18(21-22)19(11-12-19)16-9-5-2-6-10-16/h2,5-6,9-10,15,23H,1,3-4,7-8,11-14H2. The van der Waals surface area contributed by atoms with Gasteiger partial charge in [-0.15, -0.1) is 0 Å². The fourth-order valence-electron chi connectivity index (χ4n) is 4.00. The summed E-state index contributed by atoms with van der Waals surface area (Å²) in [4.78, 5) is 5.00. The van der Waals surface area contributed by atoms with E-state index >= 15 is 0 Å². The van der Waals surface area contributed by atoms with Gasteiger partial charge in [-0.3, -0.25) is 0 Å². The Balaban J connectivity index is 1.69. The molecule has 1 heterocycles. The van der Waals surface area contributed by atoms with Crippen molar-refractivity contribution in [1.82, 2.24) is 14.8 Å². The van der Waals surface area contributed by atoms with Crippen LogP contribution in [0.1, 0.15) is 68.1 Å². The number of aliphatic hydroxyl groups is 1. The highest BCUT2D eigenvalue weighted by Gasteiger charge is 2.49. The zero-order valence-corrected chi connectivity index (χ0v) is 13.6. The summed E-state index contributed by atoms with van der Waals surface area (Å²) in [5, 5.41) is 14.2. The maximum atomic E-state index is 9.40. The Morgan fingerprint density at radius 2 is 1.83 bits per heavy atom. The quantitative estimate of drug-likeness (QED) is 0.921. The molecule has 122 valence electrons. The molecule has 23 heavy (non-hydrogen) atoms. The number of benzene rings is 1. The molecule has 2 fully saturated rings. The molecule has 2 aliphatic carbocycles. The van der Waals surface area contributed by atoms with Crippen molar-refractivity contribution in [2.24, 2.45) is 0 Å². The first-order valence-corrected chi connectivity index (χ1v) is 8.95. The Bertz CT molecular complexity index is 655. The molecule has 0 aliphatic heterocycles. The predicted octanol–water partition coefficient (Wildman–Crippen LogP) is 3.40. The Morgan fingerprint density at radius 1 is 1.09 bits per heavy atom. The Kier molecular flexibility index (Phi) is 3.93. The molecular weight excluding hydrogens is 286 g/mol. The first kappa shape index (κ1) is 14.9. The van der Waals surface area contributed by atoms with Crippen molar-refractivity contribution in [1.29, 1.82) is 0 Å². The first-order chi connectivity index (χ1) is 11.3. The molecule has 0 amide bonds. The molecule has 4 nitrogen and oxygen atoms in total. The minimum Gasteiger partial charge on any atom is -0.394 e. The highest BCUT2D eigenvalue weighted by Crippen LogP contribution is 2.52. The van der Waals surface area contributed by atoms with Gasteiger partial charge in [0.15, 0.2) is 5.82 Å². The average molecular weight is 311 g/mol. The summed E-state index contributed by atoms with van der Waals surface area (Å²) in [5.74, 6) is 2.59. The lowest BCUT2D eigenvalue weighted by Crippen LogP contribution is -2.15. The lowest BCUT2D eigenvalue weighted by Gasteiger charge is -2.21. The number of nitrogens with zero attached hydrogens (tertiary/aromatic N) is 3. The lowest BCUT2D eigenvalue weighted by molar-refractivity contribution is 0.263. The zero-order valence-electron chi connectivity index (χ0n) is 13.6. The molecular formula is C19H25N3O. The average Bonchev–Trinajstić information content (AvgIpc) is 3.32. The summed E-state index contributed by atoms with van der Waals surface area (Å²) in [7, 11) is 0. The van der Waals surface area contributed by atoms with Gasteiger partial charge in [0.2, 0.25) is 0 Å². The summed E-state index contributed by atoms with van der Waals surface area (Å²) in [6.45, 7) is 0.685. The third-order valence-corrected chi connectivity index (χ3v) is 5.49. The van der Waals surface area contributed by atoms with Crippen LogP contribution in [-0.4, -0.2) is 26.5 Å². The van der Waals surface area contributed by atoms with Crippen molar-refractivity contribution in [3.63, 3.8) is 0 Å². The van der Waals surface area contributed by atoms with Crippen LogP contribution in [0.4, 0.5) is 0 Å². The highest BCUT2D eigenvalue weighted by atomic mass is 16.3. The SMILES string of the molecule is OCCn1nc(C2(c3ccccc3)CC2)nc1C1CCCCC1. The number of hydrogen-bond acceptors (Lipinski definition) is 3. The molecule has 0 bridgehead atoms. The maximum absolute atomic E-state index is 9.40. The minimum absolute atomic E-state index is 0.0192. The zero-order chi connectivity index (χ0) is 15.7. The van der Waals surface area contributed by atoms with Crippen molar-refractivity contribution >= 4 is 0 Å². The summed E-state index contributed by atoms with van der Waals surface area (Å²) >= 11 is 0. The van der Waals surface area contributed by atoms with Gasteiger partial charge in [0.05, 0.1) is 18.6 Å². The van der Waals surface area contributed by atoms with Crippen molar-refractivity contribution in [3.05, 3.63) is 47.5 Å². The number of aliphatic hydroxyl groups excluding tert-OH is 1. The summed E-state index contributed by atoms with van der Waals surface area (Å²) < 4.78 is 1.98. The van der Waals surface area contributed by atoms with Gasteiger partial charge >= 0.3 is 0 Å². The minimum atomic E-state index is 0.0192. The molecule has 0 atom stereocenters. The van der Waals surface area contributed by atoms with Gasteiger partial charge in [0.1, 0.15) is 5.82 Å². The molecule has 1 aromatic heterocycles. The van der Waals surface area contributed by atoms with E-state index in [1.807, 2.05) is 4.68 Å². The van der Waals surface area contributed by atoms with Crippen molar-refractivity contribution in [2.75, 3.05) is 6.61 Å². The van der Waals surface area contributed by atoms with Gasteiger partial charge < -0.3 is 5.11 Å². The topological polar surface area (TPSA) is 50.9 Å². The van der Waals surface area contributed by atoms with Gasteiger partial charge in [-0.1, -0.05) is 49.6 Å². The van der Waals surface area contributed by atoms with Crippen molar-refractivity contribution in [2.45, 2.75) is 62.8 Å². The molecule has 1 N–H and O–H groups in total. The van der Waals surface area contributed by atoms with E-state index in [0.717, 1.165) is 24.5 Å². The fraction of sp³-hybridized carbons (Fsp3) is 0.579. The molecule has 0 spiro atoms. The van der Waals surface area contributed by atoms with E-state index in [9.17, 15) is 5.11 Å². The van der Waals surface area contributed by atoms with Gasteiger partial charge in [0, 0.05) is 5.92 Å². The van der Waals surface area contributed by atoms with Crippen LogP contribution in [0.2, 0.25) is 0 Å². The third-order valence-electron chi connectivity index (χ3n) is 5.49. The lowest BCUT2D eigenvalue weighted by atomic mass is 9.88. The van der Waals surface area contributed by atoms with Crippen LogP contribution in [0.15, 0.2) is 30.3 Å². The highest BCUT2D eigenvalue weighted by molar-refractivity contribution is 5.39. The van der Waals surface area contributed by atoms with Crippen molar-refractivity contribution in [3.8, 4) is 0 Å². The molecule has 0 unspecified atom stereocenters. The smallest absolute Gasteiger partial charge is 0.161 e. The van der Waals surface area contributed by atoms with E-state index in [4.69, 9.17) is 10.1 Å². The van der Waals surface area contributed by atoms with E-state index in [-0.39, 0.29) is 12.0 Å². The maximum Gasteiger partial charge on any atom is 0.161 e. The number of rotatable bonds is 5. The number of aromatic nitrogens is 3. The number of hydrogen-bond donors (Lipinski definition) is 1. The van der Waals surface area contributed by atoms with Crippen LogP contribution in [0, 0.1) is 0 Å². The molecule has 1 aromatic carbocycles. The van der Waals surface area contributed by atoms with Crippen LogP contribution in [0.5, 0.6) is 0 Å². The van der Waals surface area contributed by atoms with Crippen molar-refractivity contribution < 1.29 is 5.11 Å². The molecule has 0 radical (unpaired) electrons. The van der Waals surface area contributed by atoms with Gasteiger partial charge in [-0.05, 0) is 31.2 Å². The fourth-order valence-corrected chi connectivity index (χ4v) is 4.00. The van der Waals surface area contributed by atoms with E-state index in [1.165, 1.54) is 37.7 Å². The van der Waals surface area contributed by atoms with Crippen LogP contribution < -0.4 is 0 Å². The van der Waals surface area contributed by atoms with E-state index in [2.05, 4.69) is 30.3 Å². The van der Waals surface area contributed by atoms with Crippen LogP contribution >= 0.6 is 0 Å². The van der Waals surface area contributed by atoms with Crippen LogP contribution in [0.3, 0.4) is 0 Å². The van der Waals surface area contributed by atoms with E-state index in [0.29, 0.717) is 12.5 Å². The second-order valence-corrected chi connectivity index (χ2v) is 7.02. The van der Waals surface area contributed by atoms with Crippen LogP contribution in [-0.2, 0) is 12.0 Å². The molecule has 4 heteroatoms. The predicted molar refractivity (Wildman–Crippen MR) is 89.4 cm³/mol. The third kappa shape index (κ3) is 2.69. The molecule has 2 saturated carbocycles. The van der Waals surface area contributed by atoms with Gasteiger partial charge in [-0.2, -0.15) is 5.10 Å². The van der Waals surface area contributed by atoms with Gasteiger partial charge in [0.25, 0.3) is 0 Å². The summed E-state index contributed by atoms with van der Waals surface area (Å²) in [6.07, 6.45) is 8.59. The van der Waals surface area contributed by atoms with E-state index in [1.54, 1.807) is 0 Å². The second kappa shape index (κ2) is 6.08. The molecule has 4 rings (SSSR count). The summed E-state index contributed by atoms with van der Waals surface area (Å²) in [6, 6.07) is 10.6. The second-order valence-electron chi connectivity index (χ2n) is 7.02. The monoisotopic (exact) mass is 311 g/mol. The largest absolute Gasteiger partial charge is 0.394 e. The first-order valence-electron chi connectivity index (χ1n) is 8.95. The Morgan fingerprint density at radius 3 is 2.48 bits per heavy atom. The Labute approximate surface area is 137 Å².